The van der Waals surface area contributed by atoms with E-state index >= 15 is 0 Å². The number of aromatic nitrogens is 4. The van der Waals surface area contributed by atoms with Crippen LogP contribution in [0.1, 0.15) is 30.4 Å². The summed E-state index contributed by atoms with van der Waals surface area (Å²) in [5, 5.41) is 6.84. The molecule has 0 unspecified atom stereocenters. The zero-order valence-corrected chi connectivity index (χ0v) is 25.2. The average molecular weight is 637 g/mol. The molecule has 0 radical (unpaired) electrons. The van der Waals surface area contributed by atoms with Gasteiger partial charge in [-0.25, -0.2) is 4.79 Å². The van der Waals surface area contributed by atoms with E-state index in [0.29, 0.717) is 69.4 Å². The first-order valence-corrected chi connectivity index (χ1v) is 14.4. The fraction of sp³-hybridized carbons (Fsp3) is 0.464. The normalized spacial score (nSPS) is 15.8. The van der Waals surface area contributed by atoms with Crippen molar-refractivity contribution in [3.63, 3.8) is 0 Å². The Balaban J connectivity index is 1.54. The summed E-state index contributed by atoms with van der Waals surface area (Å²) in [4.78, 5) is 49.6. The van der Waals surface area contributed by atoms with Crippen molar-refractivity contribution in [1.82, 2.24) is 29.0 Å². The number of nitrogens with one attached hydrogen (secondary N) is 1. The standard InChI is InChI=1S/C28H32ClF3N8O4/c1-4-21-23(37-9-11-38(12-10-37)27(43)36(2)3)25(42)40-26(34-24(35-40)17-7-13-44-14-8-17)39(21)16-22(41)33-20-6-5-18(15-19(20)29)28(30,31)32/h5-7,15H,4,8-14,16H2,1-3H3,(H,33,41). The number of nitrogens with zero attached hydrogens (tertiary/aromatic N) is 7. The van der Waals surface area contributed by atoms with Crippen LogP contribution in [0.25, 0.3) is 11.4 Å². The van der Waals surface area contributed by atoms with Gasteiger partial charge in [-0.2, -0.15) is 22.7 Å². The van der Waals surface area contributed by atoms with Gasteiger partial charge in [0, 0.05) is 40.3 Å². The second-order valence-corrected chi connectivity index (χ2v) is 11.0. The summed E-state index contributed by atoms with van der Waals surface area (Å²) < 4.78 is 47.5. The van der Waals surface area contributed by atoms with Gasteiger partial charge in [-0.1, -0.05) is 24.6 Å². The number of urea groups is 1. The van der Waals surface area contributed by atoms with Crippen molar-refractivity contribution in [3.8, 4) is 0 Å². The first kappa shape index (κ1) is 31.3. The predicted molar refractivity (Wildman–Crippen MR) is 158 cm³/mol. The molecule has 4 heterocycles. The molecule has 5 rings (SSSR count). The summed E-state index contributed by atoms with van der Waals surface area (Å²) >= 11 is 6.08. The number of halogens is 4. The van der Waals surface area contributed by atoms with E-state index in [0.717, 1.165) is 23.8 Å². The molecule has 0 saturated carbocycles. The zero-order valence-electron chi connectivity index (χ0n) is 24.4. The van der Waals surface area contributed by atoms with E-state index in [1.165, 1.54) is 9.42 Å². The third kappa shape index (κ3) is 6.24. The maximum Gasteiger partial charge on any atom is 0.416 e. The van der Waals surface area contributed by atoms with E-state index in [1.54, 1.807) is 23.6 Å². The average Bonchev–Trinajstić information content (AvgIpc) is 3.45. The fourth-order valence-corrected chi connectivity index (χ4v) is 5.55. The molecule has 1 aromatic carbocycles. The van der Waals surface area contributed by atoms with Gasteiger partial charge < -0.3 is 29.3 Å². The van der Waals surface area contributed by atoms with Gasteiger partial charge in [0.25, 0.3) is 5.56 Å². The monoisotopic (exact) mass is 636 g/mol. The summed E-state index contributed by atoms with van der Waals surface area (Å²) in [6.07, 6.45) is -1.84. The van der Waals surface area contributed by atoms with Crippen molar-refractivity contribution >= 4 is 46.3 Å². The second-order valence-electron chi connectivity index (χ2n) is 10.6. The van der Waals surface area contributed by atoms with Crippen LogP contribution in [0.4, 0.5) is 29.3 Å². The highest BCUT2D eigenvalue weighted by Crippen LogP contribution is 2.34. The van der Waals surface area contributed by atoms with Gasteiger partial charge in [-0.3, -0.25) is 9.59 Å². The lowest BCUT2D eigenvalue weighted by molar-refractivity contribution is -0.137. The summed E-state index contributed by atoms with van der Waals surface area (Å²) in [6, 6.07) is 2.55. The number of piperazine rings is 1. The van der Waals surface area contributed by atoms with Crippen LogP contribution in [-0.2, 0) is 28.7 Å². The molecule has 1 saturated heterocycles. The van der Waals surface area contributed by atoms with Crippen molar-refractivity contribution < 1.29 is 27.5 Å². The van der Waals surface area contributed by atoms with E-state index in [4.69, 9.17) is 16.3 Å². The number of carbonyl (C=O) groups excluding carboxylic acids is 2. The second kappa shape index (κ2) is 12.5. The van der Waals surface area contributed by atoms with Gasteiger partial charge in [0.2, 0.25) is 11.7 Å². The number of hydrogen-bond acceptors (Lipinski definition) is 7. The number of rotatable bonds is 6. The fourth-order valence-electron chi connectivity index (χ4n) is 5.33. The van der Waals surface area contributed by atoms with E-state index in [-0.39, 0.29) is 29.1 Å². The number of anilines is 2. The number of alkyl halides is 3. The Morgan fingerprint density at radius 2 is 1.89 bits per heavy atom. The highest BCUT2D eigenvalue weighted by molar-refractivity contribution is 6.33. The lowest BCUT2D eigenvalue weighted by Gasteiger charge is -2.37. The summed E-state index contributed by atoms with van der Waals surface area (Å²) in [6.45, 7) is 3.92. The van der Waals surface area contributed by atoms with Crippen molar-refractivity contribution in [1.29, 1.82) is 0 Å². The number of ether oxygens (including phenoxy) is 1. The third-order valence-electron chi connectivity index (χ3n) is 7.53. The van der Waals surface area contributed by atoms with Crippen molar-refractivity contribution in [2.45, 2.75) is 32.5 Å². The molecule has 2 aromatic heterocycles. The molecule has 3 amide bonds. The number of amides is 3. The van der Waals surface area contributed by atoms with E-state index < -0.39 is 23.2 Å². The predicted octanol–water partition coefficient (Wildman–Crippen LogP) is 3.37. The molecule has 0 bridgehead atoms. The first-order chi connectivity index (χ1) is 20.9. The number of hydrogen-bond donors (Lipinski definition) is 1. The molecule has 1 fully saturated rings. The SMILES string of the molecule is CCc1c(N2CCN(C(=O)N(C)C)CC2)c(=O)n2nc(C3=CCOCC3)nc2n1CC(=O)Nc1ccc(C(F)(F)F)cc1Cl. The minimum atomic E-state index is -4.59. The van der Waals surface area contributed by atoms with Gasteiger partial charge in [0.1, 0.15) is 12.2 Å². The summed E-state index contributed by atoms with van der Waals surface area (Å²) in [5.74, 6) is -0.104. The van der Waals surface area contributed by atoms with Crippen LogP contribution in [0, 0.1) is 0 Å². The highest BCUT2D eigenvalue weighted by Gasteiger charge is 2.32. The third-order valence-corrected chi connectivity index (χ3v) is 7.84. The lowest BCUT2D eigenvalue weighted by Crippen LogP contribution is -2.53. The smallest absolute Gasteiger partial charge is 0.377 e. The largest absolute Gasteiger partial charge is 0.416 e. The van der Waals surface area contributed by atoms with E-state index in [9.17, 15) is 27.6 Å². The van der Waals surface area contributed by atoms with Gasteiger partial charge in [0.15, 0.2) is 5.82 Å². The molecule has 12 nitrogen and oxygen atoms in total. The van der Waals surface area contributed by atoms with Crippen LogP contribution in [0.15, 0.2) is 29.1 Å². The number of fused-ring (bicyclic) bond motifs is 1. The van der Waals surface area contributed by atoms with Crippen molar-refractivity contribution in [2.24, 2.45) is 0 Å². The minimum Gasteiger partial charge on any atom is -0.377 e. The molecular weight excluding hydrogens is 605 g/mol. The van der Waals surface area contributed by atoms with Crippen LogP contribution in [0.5, 0.6) is 0 Å². The van der Waals surface area contributed by atoms with Crippen LogP contribution in [0.2, 0.25) is 5.02 Å². The summed E-state index contributed by atoms with van der Waals surface area (Å²) in [7, 11) is 3.35. The van der Waals surface area contributed by atoms with Crippen LogP contribution in [-0.4, -0.2) is 94.4 Å². The molecule has 16 heteroatoms. The first-order valence-electron chi connectivity index (χ1n) is 14.1. The Hall–Kier alpha value is -4.11. The summed E-state index contributed by atoms with van der Waals surface area (Å²) in [5.41, 5.74) is 0.348. The topological polar surface area (TPSA) is 117 Å². The van der Waals surface area contributed by atoms with Crippen LogP contribution >= 0.6 is 11.6 Å². The Morgan fingerprint density at radius 3 is 2.48 bits per heavy atom. The Labute approximate surface area is 255 Å². The molecule has 236 valence electrons. The molecule has 0 aliphatic carbocycles. The van der Waals surface area contributed by atoms with Crippen LogP contribution in [0.3, 0.4) is 0 Å². The van der Waals surface area contributed by atoms with Gasteiger partial charge in [0.05, 0.1) is 35.2 Å². The number of benzene rings is 1. The molecule has 2 aliphatic rings. The number of carbonyl (C=O) groups is 2. The molecular formula is C28H32ClF3N8O4. The van der Waals surface area contributed by atoms with E-state index in [2.05, 4.69) is 15.4 Å². The van der Waals surface area contributed by atoms with Gasteiger partial charge in [-0.05, 0) is 36.6 Å². The van der Waals surface area contributed by atoms with Gasteiger partial charge in [-0.15, -0.1) is 5.10 Å². The maximum absolute atomic E-state index is 14.0. The highest BCUT2D eigenvalue weighted by atomic mass is 35.5. The van der Waals surface area contributed by atoms with Crippen molar-refractivity contribution in [3.05, 3.63) is 56.7 Å². The van der Waals surface area contributed by atoms with Crippen molar-refractivity contribution in [2.75, 3.05) is 63.7 Å². The van der Waals surface area contributed by atoms with E-state index in [1.807, 2.05) is 17.9 Å². The quantitative estimate of drug-likeness (QED) is 0.441. The molecule has 3 aromatic rings. The molecule has 0 spiro atoms. The lowest BCUT2D eigenvalue weighted by atomic mass is 10.1. The molecule has 1 N–H and O–H groups in total. The molecule has 2 aliphatic heterocycles. The maximum atomic E-state index is 14.0. The Morgan fingerprint density at radius 1 is 1.16 bits per heavy atom. The van der Waals surface area contributed by atoms with Gasteiger partial charge >= 0.3 is 12.2 Å². The minimum absolute atomic E-state index is 0.0104. The Kier molecular flexibility index (Phi) is 8.88. The van der Waals surface area contributed by atoms with Crippen LogP contribution < -0.4 is 15.8 Å². The zero-order chi connectivity index (χ0) is 31.8. The molecule has 44 heavy (non-hydrogen) atoms. The molecule has 0 atom stereocenters. The Bertz CT molecular complexity index is 1680.